The molecule has 1 aliphatic rings. The predicted octanol–water partition coefficient (Wildman–Crippen LogP) is 2.91. The molecule has 12 nitrogen and oxygen atoms in total. The minimum Gasteiger partial charge on any atom is -0.387 e. The van der Waals surface area contributed by atoms with Crippen LogP contribution in [-0.4, -0.2) is 53.9 Å². The van der Waals surface area contributed by atoms with Crippen LogP contribution in [0.3, 0.4) is 0 Å². The van der Waals surface area contributed by atoms with E-state index in [4.69, 9.17) is 4.74 Å². The molecule has 4 rings (SSSR count). The van der Waals surface area contributed by atoms with E-state index in [0.717, 1.165) is 30.6 Å². The number of aryl methyl sites for hydroxylation is 1. The summed E-state index contributed by atoms with van der Waals surface area (Å²) in [5.41, 5.74) is 0.666. The summed E-state index contributed by atoms with van der Waals surface area (Å²) in [6.45, 7) is 0.799. The van der Waals surface area contributed by atoms with E-state index in [0.29, 0.717) is 11.4 Å². The lowest BCUT2D eigenvalue weighted by atomic mass is 10.3. The fourth-order valence-corrected chi connectivity index (χ4v) is 2.99. The van der Waals surface area contributed by atoms with Gasteiger partial charge in [0.05, 0.1) is 41.9 Å². The molecule has 0 bridgehead atoms. The average Bonchev–Trinajstić information content (AvgIpc) is 3.58. The Hall–Kier alpha value is -4.30. The summed E-state index contributed by atoms with van der Waals surface area (Å²) >= 11 is 0. The first-order chi connectivity index (χ1) is 16.6. The summed E-state index contributed by atoms with van der Waals surface area (Å²) in [7, 11) is 1.35. The second-order valence-electron chi connectivity index (χ2n) is 7.76. The van der Waals surface area contributed by atoms with E-state index in [-0.39, 0.29) is 29.0 Å². The van der Waals surface area contributed by atoms with Crippen molar-refractivity contribution >= 4 is 29.2 Å². The van der Waals surface area contributed by atoms with Crippen molar-refractivity contribution in [3.05, 3.63) is 42.5 Å². The number of amides is 2. The van der Waals surface area contributed by atoms with Gasteiger partial charge in [0.25, 0.3) is 11.8 Å². The van der Waals surface area contributed by atoms with E-state index in [1.54, 1.807) is 6.20 Å². The van der Waals surface area contributed by atoms with Crippen LogP contribution in [0.15, 0.2) is 31.1 Å². The lowest BCUT2D eigenvalue weighted by molar-refractivity contribution is -0.149. The summed E-state index contributed by atoms with van der Waals surface area (Å²) in [5, 5.41) is 10.9. The molecule has 1 saturated carbocycles. The van der Waals surface area contributed by atoms with E-state index in [9.17, 15) is 22.8 Å². The highest BCUT2D eigenvalue weighted by Gasteiger charge is 2.38. The maximum absolute atomic E-state index is 12.8. The zero-order valence-electron chi connectivity index (χ0n) is 18.5. The second kappa shape index (κ2) is 9.52. The van der Waals surface area contributed by atoms with E-state index in [2.05, 4.69) is 35.7 Å². The van der Waals surface area contributed by atoms with Gasteiger partial charge in [-0.15, -0.1) is 0 Å². The van der Waals surface area contributed by atoms with Crippen LogP contribution in [-0.2, 0) is 7.05 Å². The van der Waals surface area contributed by atoms with Gasteiger partial charge in [-0.2, -0.15) is 18.3 Å². The molecule has 35 heavy (non-hydrogen) atoms. The molecule has 3 heterocycles. The first-order valence-corrected chi connectivity index (χ1v) is 10.4. The maximum atomic E-state index is 12.8. The largest absolute Gasteiger partial charge is 0.418 e. The molecule has 184 valence electrons. The summed E-state index contributed by atoms with van der Waals surface area (Å²) < 4.78 is 44.9. The fourth-order valence-electron chi connectivity index (χ4n) is 2.99. The number of anilines is 3. The monoisotopic (exact) mass is 491 g/mol. The third-order valence-corrected chi connectivity index (χ3v) is 5.00. The molecule has 15 heteroatoms. The molecule has 1 atom stereocenters. The highest BCUT2D eigenvalue weighted by atomic mass is 19.4. The Morgan fingerprint density at radius 2 is 1.89 bits per heavy atom. The molecule has 0 aromatic carbocycles. The van der Waals surface area contributed by atoms with Gasteiger partial charge in [0, 0.05) is 13.0 Å². The van der Waals surface area contributed by atoms with Crippen LogP contribution >= 0.6 is 0 Å². The number of alkyl halides is 3. The zero-order chi connectivity index (χ0) is 25.2. The average molecular weight is 491 g/mol. The SMILES string of the molecule is CC(NC(=O)c1c(NC(=O)Oc2nc(C3CC3)cnc2Nc2cncnc2)cnn1C)C(F)(F)F. The van der Waals surface area contributed by atoms with Crippen LogP contribution in [0.1, 0.15) is 41.9 Å². The number of carbonyl (C=O) groups excluding carboxylic acids is 2. The first kappa shape index (κ1) is 23.8. The Kier molecular flexibility index (Phi) is 6.48. The molecule has 1 fully saturated rings. The molecule has 0 radical (unpaired) electrons. The smallest absolute Gasteiger partial charge is 0.387 e. The van der Waals surface area contributed by atoms with Gasteiger partial charge in [0.1, 0.15) is 18.1 Å². The number of halogens is 3. The third kappa shape index (κ3) is 5.80. The Bertz CT molecular complexity index is 1230. The molecule has 1 aliphatic carbocycles. The van der Waals surface area contributed by atoms with Crippen molar-refractivity contribution in [3.63, 3.8) is 0 Å². The van der Waals surface area contributed by atoms with Crippen LogP contribution in [0.5, 0.6) is 5.88 Å². The Balaban J connectivity index is 1.52. The van der Waals surface area contributed by atoms with Crippen LogP contribution in [0.2, 0.25) is 0 Å². The normalized spacial score (nSPS) is 14.2. The summed E-state index contributed by atoms with van der Waals surface area (Å²) in [4.78, 5) is 41.5. The van der Waals surface area contributed by atoms with E-state index < -0.39 is 24.2 Å². The Morgan fingerprint density at radius 1 is 1.17 bits per heavy atom. The molecule has 0 saturated heterocycles. The minimum atomic E-state index is -4.64. The van der Waals surface area contributed by atoms with Crippen molar-refractivity contribution in [2.24, 2.45) is 7.05 Å². The van der Waals surface area contributed by atoms with E-state index in [1.807, 2.05) is 5.32 Å². The predicted molar refractivity (Wildman–Crippen MR) is 115 cm³/mol. The van der Waals surface area contributed by atoms with Crippen LogP contribution in [0.4, 0.5) is 35.2 Å². The van der Waals surface area contributed by atoms with Crippen LogP contribution in [0.25, 0.3) is 0 Å². The molecule has 3 N–H and O–H groups in total. The fraction of sp³-hybridized carbons (Fsp3) is 0.350. The van der Waals surface area contributed by atoms with Crippen molar-refractivity contribution in [1.29, 1.82) is 0 Å². The van der Waals surface area contributed by atoms with Gasteiger partial charge in [-0.05, 0) is 19.8 Å². The molecule has 2 amide bonds. The number of nitrogens with one attached hydrogen (secondary N) is 3. The number of hydrogen-bond acceptors (Lipinski definition) is 9. The summed E-state index contributed by atoms with van der Waals surface area (Å²) in [5.74, 6) is -0.891. The van der Waals surface area contributed by atoms with Gasteiger partial charge in [-0.3, -0.25) is 14.8 Å². The topological polar surface area (TPSA) is 149 Å². The molecule has 1 unspecified atom stereocenters. The third-order valence-electron chi connectivity index (χ3n) is 5.00. The minimum absolute atomic E-state index is 0.113. The molecule has 3 aromatic heterocycles. The molecular formula is C20H20F3N9O3. The summed E-state index contributed by atoms with van der Waals surface area (Å²) in [6.07, 6.45) is 3.17. The number of rotatable bonds is 7. The van der Waals surface area contributed by atoms with Crippen molar-refractivity contribution in [2.45, 2.75) is 37.9 Å². The number of ether oxygens (including phenoxy) is 1. The van der Waals surface area contributed by atoms with E-state index >= 15 is 0 Å². The van der Waals surface area contributed by atoms with E-state index in [1.165, 1.54) is 25.8 Å². The lowest BCUT2D eigenvalue weighted by Gasteiger charge is -2.17. The highest BCUT2D eigenvalue weighted by Crippen LogP contribution is 2.40. The number of aromatic nitrogens is 6. The molecule has 3 aromatic rings. The molecule has 0 spiro atoms. The quantitative estimate of drug-likeness (QED) is 0.453. The zero-order valence-corrected chi connectivity index (χ0v) is 18.5. The van der Waals surface area contributed by atoms with Gasteiger partial charge in [-0.1, -0.05) is 0 Å². The summed E-state index contributed by atoms with van der Waals surface area (Å²) in [6, 6.07) is -2.11. The standard InChI is InChI=1S/C20H20F3N9O3/c1-10(20(21,22)23)28-17(33)15-14(8-27-32(15)2)31-19(34)35-18-16(29-12-5-24-9-25-6-12)26-7-13(30-18)11-3-4-11/h5-11H,3-4H2,1-2H3,(H,26,29)(H,28,33)(H,31,34). The van der Waals surface area contributed by atoms with Gasteiger partial charge in [0.15, 0.2) is 5.82 Å². The highest BCUT2D eigenvalue weighted by molar-refractivity contribution is 6.01. The second-order valence-corrected chi connectivity index (χ2v) is 7.76. The van der Waals surface area contributed by atoms with Crippen molar-refractivity contribution in [3.8, 4) is 5.88 Å². The lowest BCUT2D eigenvalue weighted by Crippen LogP contribution is -2.43. The van der Waals surface area contributed by atoms with Crippen molar-refractivity contribution < 1.29 is 27.5 Å². The number of nitrogens with zero attached hydrogens (tertiary/aromatic N) is 6. The van der Waals surface area contributed by atoms with Crippen LogP contribution < -0.4 is 20.7 Å². The Labute approximate surface area is 196 Å². The maximum Gasteiger partial charge on any atom is 0.418 e. The Morgan fingerprint density at radius 3 is 2.54 bits per heavy atom. The van der Waals surface area contributed by atoms with Crippen molar-refractivity contribution in [1.82, 2.24) is 35.0 Å². The van der Waals surface area contributed by atoms with Crippen LogP contribution in [0, 0.1) is 0 Å². The molecule has 0 aliphatic heterocycles. The van der Waals surface area contributed by atoms with Crippen molar-refractivity contribution in [2.75, 3.05) is 10.6 Å². The number of hydrogen-bond donors (Lipinski definition) is 3. The molecular weight excluding hydrogens is 471 g/mol. The number of carbonyl (C=O) groups is 2. The van der Waals surface area contributed by atoms with Gasteiger partial charge < -0.3 is 15.4 Å². The van der Waals surface area contributed by atoms with Gasteiger partial charge in [-0.25, -0.2) is 24.7 Å². The van der Waals surface area contributed by atoms with Gasteiger partial charge >= 0.3 is 12.3 Å². The first-order valence-electron chi connectivity index (χ1n) is 10.4. The van der Waals surface area contributed by atoms with Gasteiger partial charge in [0.2, 0.25) is 0 Å².